The highest BCUT2D eigenvalue weighted by atomic mass is 35.5. The van der Waals surface area contributed by atoms with Gasteiger partial charge in [0.05, 0.1) is 11.5 Å². The second-order valence-electron chi connectivity index (χ2n) is 6.25. The lowest BCUT2D eigenvalue weighted by Crippen LogP contribution is -2.23. The molecule has 0 fully saturated rings. The monoisotopic (exact) mass is 380 g/mol. The van der Waals surface area contributed by atoms with Crippen molar-refractivity contribution in [1.82, 2.24) is 10.0 Å². The zero-order chi connectivity index (χ0) is 16.6. The number of aryl methyl sites for hydroxylation is 1. The molecule has 0 radical (unpaired) electrons. The standard InChI is InChI=1S/C18H20N2O3S.ClH/c21-24(22,17-5-6-18-14(9-17)2-1-7-23-18)20-10-13-3-4-15-11-19-12-16(15)8-13;/h3-6,8-9,19-20H,1-2,7,10-12H2;1H. The van der Waals surface area contributed by atoms with Gasteiger partial charge in [0.1, 0.15) is 5.75 Å². The number of ether oxygens (including phenoxy) is 1. The van der Waals surface area contributed by atoms with E-state index < -0.39 is 10.0 Å². The number of sulfonamides is 1. The van der Waals surface area contributed by atoms with Gasteiger partial charge >= 0.3 is 0 Å². The van der Waals surface area contributed by atoms with Crippen LogP contribution in [-0.2, 0) is 36.1 Å². The second-order valence-corrected chi connectivity index (χ2v) is 8.02. The molecule has 0 bridgehead atoms. The quantitative estimate of drug-likeness (QED) is 0.855. The summed E-state index contributed by atoms with van der Waals surface area (Å²) in [5.74, 6) is 0.798. The van der Waals surface area contributed by atoms with Gasteiger partial charge in [-0.05, 0) is 53.3 Å². The largest absolute Gasteiger partial charge is 0.493 e. The Morgan fingerprint density at radius 1 is 1.04 bits per heavy atom. The first-order valence-corrected chi connectivity index (χ1v) is 9.67. The van der Waals surface area contributed by atoms with Crippen molar-refractivity contribution in [2.75, 3.05) is 6.61 Å². The third kappa shape index (κ3) is 3.82. The molecule has 0 amide bonds. The zero-order valence-corrected chi connectivity index (χ0v) is 15.4. The molecular formula is C18H21ClN2O3S. The number of benzene rings is 2. The summed E-state index contributed by atoms with van der Waals surface area (Å²) in [7, 11) is -3.53. The summed E-state index contributed by atoms with van der Waals surface area (Å²) >= 11 is 0. The molecule has 7 heteroatoms. The Hall–Kier alpha value is -1.60. The summed E-state index contributed by atoms with van der Waals surface area (Å²) < 4.78 is 33.4. The van der Waals surface area contributed by atoms with Crippen LogP contribution >= 0.6 is 12.4 Å². The van der Waals surface area contributed by atoms with E-state index in [9.17, 15) is 8.42 Å². The summed E-state index contributed by atoms with van der Waals surface area (Å²) in [6.45, 7) is 2.73. The molecule has 2 aromatic carbocycles. The minimum Gasteiger partial charge on any atom is -0.493 e. The molecule has 0 aromatic heterocycles. The average Bonchev–Trinajstić information content (AvgIpc) is 3.07. The highest BCUT2D eigenvalue weighted by molar-refractivity contribution is 7.89. The van der Waals surface area contributed by atoms with Gasteiger partial charge in [0.15, 0.2) is 0 Å². The van der Waals surface area contributed by atoms with Crippen LogP contribution in [-0.4, -0.2) is 15.0 Å². The highest BCUT2D eigenvalue weighted by Crippen LogP contribution is 2.27. The van der Waals surface area contributed by atoms with Gasteiger partial charge in [0.2, 0.25) is 10.0 Å². The van der Waals surface area contributed by atoms with Crippen LogP contribution in [0.5, 0.6) is 5.75 Å². The van der Waals surface area contributed by atoms with Gasteiger partial charge in [0, 0.05) is 19.6 Å². The Morgan fingerprint density at radius 2 is 1.88 bits per heavy atom. The Labute approximate surface area is 154 Å². The third-order valence-corrected chi connectivity index (χ3v) is 5.96. The Balaban J connectivity index is 0.00000182. The highest BCUT2D eigenvalue weighted by Gasteiger charge is 2.18. The molecule has 0 saturated heterocycles. The van der Waals surface area contributed by atoms with Gasteiger partial charge < -0.3 is 10.1 Å². The Bertz CT molecular complexity index is 884. The average molecular weight is 381 g/mol. The SMILES string of the molecule is Cl.O=S(=O)(NCc1ccc2c(c1)CNC2)c1ccc2c(c1)CCCO2. The maximum absolute atomic E-state index is 12.6. The number of hydrogen-bond donors (Lipinski definition) is 2. The summed E-state index contributed by atoms with van der Waals surface area (Å²) in [6, 6.07) is 11.2. The van der Waals surface area contributed by atoms with E-state index in [0.717, 1.165) is 42.8 Å². The van der Waals surface area contributed by atoms with Crippen LogP contribution in [0, 0.1) is 0 Å². The van der Waals surface area contributed by atoms with Crippen molar-refractivity contribution in [3.8, 4) is 5.75 Å². The van der Waals surface area contributed by atoms with E-state index in [1.54, 1.807) is 18.2 Å². The van der Waals surface area contributed by atoms with Gasteiger partial charge in [-0.2, -0.15) is 0 Å². The smallest absolute Gasteiger partial charge is 0.240 e. The summed E-state index contributed by atoms with van der Waals surface area (Å²) in [5.41, 5.74) is 4.48. The maximum atomic E-state index is 12.6. The second kappa shape index (κ2) is 7.33. The van der Waals surface area contributed by atoms with Crippen molar-refractivity contribution in [3.05, 3.63) is 58.7 Å². The van der Waals surface area contributed by atoms with Crippen LogP contribution in [0.2, 0.25) is 0 Å². The van der Waals surface area contributed by atoms with Gasteiger partial charge in [-0.15, -0.1) is 12.4 Å². The molecule has 0 spiro atoms. The van der Waals surface area contributed by atoms with Crippen LogP contribution in [0.1, 0.15) is 28.7 Å². The first-order chi connectivity index (χ1) is 11.6. The predicted octanol–water partition coefficient (Wildman–Crippen LogP) is 2.52. The summed E-state index contributed by atoms with van der Waals surface area (Å²) in [6.07, 6.45) is 1.78. The number of halogens is 1. The molecule has 2 N–H and O–H groups in total. The number of hydrogen-bond acceptors (Lipinski definition) is 4. The van der Waals surface area contributed by atoms with Crippen LogP contribution in [0.4, 0.5) is 0 Å². The van der Waals surface area contributed by atoms with Crippen molar-refractivity contribution in [3.63, 3.8) is 0 Å². The van der Waals surface area contributed by atoms with Crippen molar-refractivity contribution in [2.24, 2.45) is 0 Å². The van der Waals surface area contributed by atoms with Crippen LogP contribution in [0.15, 0.2) is 41.3 Å². The number of nitrogens with one attached hydrogen (secondary N) is 2. The molecule has 2 aliphatic heterocycles. The fourth-order valence-corrected chi connectivity index (χ4v) is 4.29. The first-order valence-electron chi connectivity index (χ1n) is 8.19. The number of rotatable bonds is 4. The summed E-state index contributed by atoms with van der Waals surface area (Å²) in [5, 5.41) is 3.29. The molecule has 5 nitrogen and oxygen atoms in total. The number of fused-ring (bicyclic) bond motifs is 2. The molecule has 2 aliphatic rings. The fraction of sp³-hybridized carbons (Fsp3) is 0.333. The van der Waals surface area contributed by atoms with Crippen molar-refractivity contribution in [1.29, 1.82) is 0 Å². The van der Waals surface area contributed by atoms with Crippen molar-refractivity contribution >= 4 is 22.4 Å². The van der Waals surface area contributed by atoms with E-state index in [2.05, 4.69) is 22.2 Å². The molecule has 0 aliphatic carbocycles. The maximum Gasteiger partial charge on any atom is 0.240 e. The van der Waals surface area contributed by atoms with Gasteiger partial charge in [-0.1, -0.05) is 18.2 Å². The van der Waals surface area contributed by atoms with Gasteiger partial charge in [-0.3, -0.25) is 0 Å². The molecule has 0 saturated carbocycles. The molecule has 0 unspecified atom stereocenters. The molecular weight excluding hydrogens is 360 g/mol. The Morgan fingerprint density at radius 3 is 2.76 bits per heavy atom. The predicted molar refractivity (Wildman–Crippen MR) is 98.5 cm³/mol. The lowest BCUT2D eigenvalue weighted by Gasteiger charge is -2.18. The van der Waals surface area contributed by atoms with Crippen LogP contribution < -0.4 is 14.8 Å². The lowest BCUT2D eigenvalue weighted by atomic mass is 10.1. The van der Waals surface area contributed by atoms with E-state index in [1.165, 1.54) is 11.1 Å². The van der Waals surface area contributed by atoms with Gasteiger partial charge in [-0.25, -0.2) is 13.1 Å². The van der Waals surface area contributed by atoms with E-state index >= 15 is 0 Å². The van der Waals surface area contributed by atoms with Crippen LogP contribution in [0.25, 0.3) is 0 Å². The van der Waals surface area contributed by atoms with E-state index in [1.807, 2.05) is 6.07 Å². The molecule has 4 rings (SSSR count). The van der Waals surface area contributed by atoms with E-state index in [-0.39, 0.29) is 12.4 Å². The van der Waals surface area contributed by atoms with E-state index in [0.29, 0.717) is 18.0 Å². The minimum absolute atomic E-state index is 0. The van der Waals surface area contributed by atoms with Crippen molar-refractivity contribution < 1.29 is 13.2 Å². The first kappa shape index (κ1) is 18.2. The van der Waals surface area contributed by atoms with Crippen LogP contribution in [0.3, 0.4) is 0 Å². The minimum atomic E-state index is -3.53. The Kier molecular flexibility index (Phi) is 5.34. The molecule has 25 heavy (non-hydrogen) atoms. The molecule has 2 aromatic rings. The fourth-order valence-electron chi connectivity index (χ4n) is 3.22. The third-order valence-electron chi connectivity index (χ3n) is 4.56. The summed E-state index contributed by atoms with van der Waals surface area (Å²) in [4.78, 5) is 0.301. The molecule has 2 heterocycles. The molecule has 0 atom stereocenters. The molecule has 134 valence electrons. The van der Waals surface area contributed by atoms with Crippen molar-refractivity contribution in [2.45, 2.75) is 37.4 Å². The topological polar surface area (TPSA) is 67.4 Å². The van der Waals surface area contributed by atoms with E-state index in [4.69, 9.17) is 4.74 Å². The van der Waals surface area contributed by atoms with Gasteiger partial charge in [0.25, 0.3) is 0 Å². The lowest BCUT2D eigenvalue weighted by molar-refractivity contribution is 0.288. The zero-order valence-electron chi connectivity index (χ0n) is 13.7. The normalized spacial score (nSPS) is 15.7.